The van der Waals surface area contributed by atoms with Gasteiger partial charge in [-0.15, -0.1) is 5.75 Å². The fraction of sp³-hybridized carbons (Fsp3) is 0.478. The molecule has 2 aromatic carbocycles. The summed E-state index contributed by atoms with van der Waals surface area (Å²) in [5, 5.41) is 19.4. The zero-order valence-corrected chi connectivity index (χ0v) is 19.6. The Hall–Kier alpha value is -0.800. The van der Waals surface area contributed by atoms with Crippen LogP contribution in [0.3, 0.4) is 0 Å². The molecule has 0 aliphatic rings. The van der Waals surface area contributed by atoms with Gasteiger partial charge in [-0.25, -0.2) is 0 Å². The Kier molecular flexibility index (Phi) is 18.6. The summed E-state index contributed by atoms with van der Waals surface area (Å²) in [4.78, 5) is 0. The van der Waals surface area contributed by atoms with Crippen molar-refractivity contribution >= 4 is 0 Å². The number of benzene rings is 2. The Morgan fingerprint density at radius 2 is 1.38 bits per heavy atom. The summed E-state index contributed by atoms with van der Waals surface area (Å²) >= 11 is 0. The van der Waals surface area contributed by atoms with E-state index in [1.54, 1.807) is 12.1 Å². The molecular weight excluding hydrogens is 331 g/mol. The van der Waals surface area contributed by atoms with Crippen LogP contribution >= 0.6 is 0 Å². The summed E-state index contributed by atoms with van der Waals surface area (Å²) in [5.41, 5.74) is 3.47. The summed E-state index contributed by atoms with van der Waals surface area (Å²) in [6.45, 7) is 10.7. The molecule has 0 saturated carbocycles. The molecule has 0 bridgehead atoms. The average molecular weight is 367 g/mol. The smallest absolute Gasteiger partial charge is 0.872 e. The minimum Gasteiger partial charge on any atom is -0.872 e. The van der Waals surface area contributed by atoms with Gasteiger partial charge in [0.2, 0.25) is 0 Å². The van der Waals surface area contributed by atoms with Crippen LogP contribution in [0.15, 0.2) is 48.5 Å². The summed E-state index contributed by atoms with van der Waals surface area (Å²) in [6.07, 6.45) is 4.83. The van der Waals surface area contributed by atoms with E-state index in [0.29, 0.717) is 12.5 Å². The molecule has 0 saturated heterocycles. The van der Waals surface area contributed by atoms with Crippen LogP contribution in [-0.2, 0) is 0 Å². The van der Waals surface area contributed by atoms with E-state index in [1.807, 2.05) is 19.1 Å². The molecule has 2 aromatic rings. The SMILES string of the molecule is CCCCC(CC)CO.Cc1ccc(C)cc1.Cc1ccccc1[O-].[Na+]. The van der Waals surface area contributed by atoms with Crippen LogP contribution < -0.4 is 34.7 Å². The van der Waals surface area contributed by atoms with E-state index in [2.05, 4.69) is 52.0 Å². The van der Waals surface area contributed by atoms with Crippen LogP contribution in [0.5, 0.6) is 5.75 Å². The van der Waals surface area contributed by atoms with Crippen molar-refractivity contribution in [3.05, 3.63) is 65.2 Å². The molecule has 0 spiro atoms. The third kappa shape index (κ3) is 14.4. The number of hydrogen-bond acceptors (Lipinski definition) is 2. The molecule has 1 N–H and O–H groups in total. The van der Waals surface area contributed by atoms with E-state index in [1.165, 1.54) is 30.4 Å². The van der Waals surface area contributed by atoms with Crippen LogP contribution in [-0.4, -0.2) is 11.7 Å². The first kappa shape index (κ1) is 27.4. The summed E-state index contributed by atoms with van der Waals surface area (Å²) in [6, 6.07) is 15.5. The Morgan fingerprint density at radius 1 is 0.885 bits per heavy atom. The van der Waals surface area contributed by atoms with Crippen molar-refractivity contribution in [2.75, 3.05) is 6.61 Å². The molecule has 0 aliphatic carbocycles. The van der Waals surface area contributed by atoms with Gasteiger partial charge < -0.3 is 10.2 Å². The largest absolute Gasteiger partial charge is 1.00 e. The first-order valence-electron chi connectivity index (χ1n) is 9.31. The molecule has 0 amide bonds. The van der Waals surface area contributed by atoms with Gasteiger partial charge in [-0.3, -0.25) is 0 Å². The molecule has 1 atom stereocenters. The van der Waals surface area contributed by atoms with Crippen LogP contribution in [0, 0.1) is 26.7 Å². The molecule has 0 aliphatic heterocycles. The second-order valence-corrected chi connectivity index (χ2v) is 6.52. The Labute approximate surface area is 183 Å². The first-order valence-corrected chi connectivity index (χ1v) is 9.31. The van der Waals surface area contributed by atoms with Gasteiger partial charge in [0.15, 0.2) is 0 Å². The fourth-order valence-corrected chi connectivity index (χ4v) is 2.11. The maximum atomic E-state index is 10.6. The number of rotatable bonds is 5. The van der Waals surface area contributed by atoms with Crippen molar-refractivity contribution in [3.63, 3.8) is 0 Å². The standard InChI is InChI=1S/C8H18O.C8H10.C7H8O.Na/c1-3-5-6-8(4-2)7-9;1-7-3-5-8(2)6-4-7;1-6-4-2-3-5-7(6)8;/h8-9H,3-7H2,1-2H3;3-6H,1-2H3;2-5,8H,1H3;/q;;;+1/p-1. The number of hydrogen-bond donors (Lipinski definition) is 1. The number of para-hydroxylation sites is 1. The second kappa shape index (κ2) is 17.6. The van der Waals surface area contributed by atoms with Gasteiger partial charge in [0, 0.05) is 6.61 Å². The average Bonchev–Trinajstić information content (AvgIpc) is 2.62. The van der Waals surface area contributed by atoms with Crippen molar-refractivity contribution in [3.8, 4) is 5.75 Å². The van der Waals surface area contributed by atoms with Crippen molar-refractivity contribution < 1.29 is 39.8 Å². The molecule has 26 heavy (non-hydrogen) atoms. The predicted octanol–water partition coefficient (Wildman–Crippen LogP) is 2.57. The Balaban J connectivity index is 0. The quantitative estimate of drug-likeness (QED) is 0.827. The minimum atomic E-state index is 0. The molecule has 0 aromatic heterocycles. The third-order valence-electron chi connectivity index (χ3n) is 4.11. The molecule has 0 fully saturated rings. The van der Waals surface area contributed by atoms with Crippen molar-refractivity contribution in [2.45, 2.75) is 60.3 Å². The third-order valence-corrected chi connectivity index (χ3v) is 4.11. The Bertz CT molecular complexity index is 506. The Morgan fingerprint density at radius 3 is 1.69 bits per heavy atom. The molecule has 2 nitrogen and oxygen atoms in total. The van der Waals surface area contributed by atoms with E-state index in [9.17, 15) is 5.11 Å². The zero-order valence-electron chi connectivity index (χ0n) is 17.6. The fourth-order valence-electron chi connectivity index (χ4n) is 2.11. The van der Waals surface area contributed by atoms with Crippen LogP contribution in [0.2, 0.25) is 0 Å². The molecule has 0 heterocycles. The van der Waals surface area contributed by atoms with Gasteiger partial charge in [-0.2, -0.15) is 0 Å². The van der Waals surface area contributed by atoms with Crippen molar-refractivity contribution in [2.24, 2.45) is 5.92 Å². The molecule has 0 radical (unpaired) electrons. The van der Waals surface area contributed by atoms with E-state index in [-0.39, 0.29) is 35.3 Å². The van der Waals surface area contributed by atoms with E-state index >= 15 is 0 Å². The van der Waals surface area contributed by atoms with E-state index in [0.717, 1.165) is 12.0 Å². The topological polar surface area (TPSA) is 43.3 Å². The molecule has 2 rings (SSSR count). The van der Waals surface area contributed by atoms with E-state index < -0.39 is 0 Å². The van der Waals surface area contributed by atoms with Gasteiger partial charge in [0.05, 0.1) is 0 Å². The van der Waals surface area contributed by atoms with Crippen LogP contribution in [0.4, 0.5) is 0 Å². The maximum Gasteiger partial charge on any atom is 1.00 e. The normalized spacial score (nSPS) is 10.4. The predicted molar refractivity (Wildman–Crippen MR) is 107 cm³/mol. The van der Waals surface area contributed by atoms with Gasteiger partial charge in [-0.1, -0.05) is 98.3 Å². The molecule has 140 valence electrons. The minimum absolute atomic E-state index is 0. The van der Waals surface area contributed by atoms with Crippen molar-refractivity contribution in [1.82, 2.24) is 0 Å². The summed E-state index contributed by atoms with van der Waals surface area (Å²) in [7, 11) is 0. The maximum absolute atomic E-state index is 10.6. The first-order chi connectivity index (χ1) is 11.9. The molecular formula is C23H35NaO2. The van der Waals surface area contributed by atoms with Crippen LogP contribution in [0.25, 0.3) is 0 Å². The van der Waals surface area contributed by atoms with Gasteiger partial charge in [0.1, 0.15) is 0 Å². The summed E-state index contributed by atoms with van der Waals surface area (Å²) < 4.78 is 0. The van der Waals surface area contributed by atoms with Gasteiger partial charge >= 0.3 is 29.6 Å². The summed E-state index contributed by atoms with van der Waals surface area (Å²) in [5.74, 6) is 0.678. The zero-order chi connectivity index (χ0) is 19.1. The second-order valence-electron chi connectivity index (χ2n) is 6.52. The number of aliphatic hydroxyl groups is 1. The van der Waals surface area contributed by atoms with Gasteiger partial charge in [-0.05, 0) is 33.1 Å². The number of aryl methyl sites for hydroxylation is 3. The van der Waals surface area contributed by atoms with E-state index in [4.69, 9.17) is 5.11 Å². The molecule has 1 unspecified atom stereocenters. The number of aliphatic hydroxyl groups excluding tert-OH is 1. The van der Waals surface area contributed by atoms with Crippen molar-refractivity contribution in [1.29, 1.82) is 0 Å². The van der Waals surface area contributed by atoms with Crippen LogP contribution in [0.1, 0.15) is 56.2 Å². The monoisotopic (exact) mass is 366 g/mol. The number of unbranched alkanes of at least 4 members (excludes halogenated alkanes) is 1. The van der Waals surface area contributed by atoms with Gasteiger partial charge in [0.25, 0.3) is 0 Å². The molecule has 3 heteroatoms.